The maximum absolute atomic E-state index is 14.4. The van der Waals surface area contributed by atoms with Crippen LogP contribution in [0.1, 0.15) is 44.9 Å². The van der Waals surface area contributed by atoms with Crippen molar-refractivity contribution in [2.75, 3.05) is 37.6 Å². The smallest absolute Gasteiger partial charge is 0.221 e. The first kappa shape index (κ1) is 23.1. The van der Waals surface area contributed by atoms with Crippen LogP contribution in [-0.4, -0.2) is 49.6 Å². The van der Waals surface area contributed by atoms with Crippen LogP contribution in [0.15, 0.2) is 12.1 Å². The van der Waals surface area contributed by atoms with Crippen molar-refractivity contribution in [3.63, 3.8) is 0 Å². The average molecular weight is 455 g/mol. The number of nitriles is 1. The lowest BCUT2D eigenvalue weighted by Crippen LogP contribution is -2.47. The number of anilines is 1. The van der Waals surface area contributed by atoms with E-state index in [0.29, 0.717) is 18.0 Å². The van der Waals surface area contributed by atoms with E-state index < -0.39 is 5.82 Å². The maximum atomic E-state index is 14.4. The number of carbonyl (C=O) groups is 1. The second-order valence-electron chi connectivity index (χ2n) is 8.26. The molecule has 0 radical (unpaired) electrons. The molecular weight excluding hydrogens is 426 g/mol. The molecule has 3 rings (SSSR count). The molecule has 0 spiro atoms. The molecule has 1 aromatic carbocycles. The van der Waals surface area contributed by atoms with Crippen LogP contribution in [0.25, 0.3) is 0 Å². The van der Waals surface area contributed by atoms with Gasteiger partial charge in [-0.25, -0.2) is 4.39 Å². The molecule has 1 saturated carbocycles. The highest BCUT2D eigenvalue weighted by Gasteiger charge is 2.25. The Morgan fingerprint density at radius 3 is 2.53 bits per heavy atom. The Kier molecular flexibility index (Phi) is 8.61. The van der Waals surface area contributed by atoms with Gasteiger partial charge in [-0.05, 0) is 56.7 Å². The van der Waals surface area contributed by atoms with Crippen molar-refractivity contribution in [1.82, 2.24) is 10.2 Å². The van der Waals surface area contributed by atoms with Crippen molar-refractivity contribution < 1.29 is 9.18 Å². The van der Waals surface area contributed by atoms with Crippen LogP contribution in [0.4, 0.5) is 10.1 Å². The number of halogens is 3. The van der Waals surface area contributed by atoms with E-state index in [-0.39, 0.29) is 28.4 Å². The van der Waals surface area contributed by atoms with Gasteiger partial charge in [-0.15, -0.1) is 0 Å². The van der Waals surface area contributed by atoms with E-state index in [1.165, 1.54) is 0 Å². The second kappa shape index (κ2) is 11.2. The largest absolute Gasteiger partial charge is 0.367 e. The van der Waals surface area contributed by atoms with E-state index >= 15 is 0 Å². The first-order chi connectivity index (χ1) is 14.5. The Morgan fingerprint density at radius 2 is 1.87 bits per heavy atom. The number of rotatable bonds is 7. The quantitative estimate of drug-likeness (QED) is 0.610. The fourth-order valence-electron chi connectivity index (χ4n) is 4.40. The highest BCUT2D eigenvalue weighted by Crippen LogP contribution is 2.32. The zero-order valence-electron chi connectivity index (χ0n) is 17.2. The normalized spacial score (nSPS) is 22.5. The minimum atomic E-state index is -0.436. The molecule has 2 aliphatic rings. The average Bonchev–Trinajstić information content (AvgIpc) is 2.76. The number of benzene rings is 1. The fraction of sp³-hybridized carbons (Fsp3) is 0.636. The summed E-state index contributed by atoms with van der Waals surface area (Å²) in [4.78, 5) is 16.2. The Hall–Kier alpha value is -1.55. The van der Waals surface area contributed by atoms with Crippen molar-refractivity contribution in [2.45, 2.75) is 51.0 Å². The SMILES string of the molecule is N#CCCC(=O)NC1CCC(CCN2CCN(c3ccc(Cl)c(Cl)c3F)CC2)CC1. The third-order valence-electron chi connectivity index (χ3n) is 6.26. The van der Waals surface area contributed by atoms with Gasteiger partial charge in [0.15, 0.2) is 5.82 Å². The van der Waals surface area contributed by atoms with Crippen molar-refractivity contribution in [2.24, 2.45) is 5.92 Å². The van der Waals surface area contributed by atoms with Crippen LogP contribution in [0.5, 0.6) is 0 Å². The number of hydrogen-bond donors (Lipinski definition) is 1. The molecule has 1 aliphatic carbocycles. The second-order valence-corrected chi connectivity index (χ2v) is 9.04. The summed E-state index contributed by atoms with van der Waals surface area (Å²) in [5, 5.41) is 11.9. The molecule has 5 nitrogen and oxygen atoms in total. The number of hydrogen-bond acceptors (Lipinski definition) is 4. The third-order valence-corrected chi connectivity index (χ3v) is 7.04. The summed E-state index contributed by atoms with van der Waals surface area (Å²) in [6, 6.07) is 5.63. The summed E-state index contributed by atoms with van der Waals surface area (Å²) in [6.07, 6.45) is 6.06. The first-order valence-electron chi connectivity index (χ1n) is 10.7. The molecule has 0 unspecified atom stereocenters. The highest BCUT2D eigenvalue weighted by molar-refractivity contribution is 6.42. The Bertz CT molecular complexity index is 769. The zero-order chi connectivity index (χ0) is 21.5. The molecular formula is C22H29Cl2FN4O. The number of carbonyl (C=O) groups excluding carboxylic acids is 1. The zero-order valence-corrected chi connectivity index (χ0v) is 18.7. The lowest BCUT2D eigenvalue weighted by molar-refractivity contribution is -0.122. The molecule has 0 aromatic heterocycles. The third kappa shape index (κ3) is 6.23. The van der Waals surface area contributed by atoms with E-state index in [2.05, 4.69) is 10.2 Å². The summed E-state index contributed by atoms with van der Waals surface area (Å²) >= 11 is 11.8. The number of piperazine rings is 1. The lowest BCUT2D eigenvalue weighted by Gasteiger charge is -2.37. The molecule has 8 heteroatoms. The molecule has 0 bridgehead atoms. The van der Waals surface area contributed by atoms with Crippen LogP contribution >= 0.6 is 23.2 Å². The predicted molar refractivity (Wildman–Crippen MR) is 118 cm³/mol. The van der Waals surface area contributed by atoms with Crippen molar-refractivity contribution >= 4 is 34.8 Å². The monoisotopic (exact) mass is 454 g/mol. The van der Waals surface area contributed by atoms with Crippen LogP contribution < -0.4 is 10.2 Å². The topological polar surface area (TPSA) is 59.4 Å². The van der Waals surface area contributed by atoms with Gasteiger partial charge in [-0.2, -0.15) is 5.26 Å². The van der Waals surface area contributed by atoms with Gasteiger partial charge in [-0.3, -0.25) is 9.69 Å². The lowest BCUT2D eigenvalue weighted by atomic mass is 9.84. The minimum Gasteiger partial charge on any atom is -0.367 e. The summed E-state index contributed by atoms with van der Waals surface area (Å²) < 4.78 is 14.4. The molecule has 1 saturated heterocycles. The first-order valence-corrected chi connectivity index (χ1v) is 11.5. The van der Waals surface area contributed by atoms with Crippen molar-refractivity contribution in [1.29, 1.82) is 5.26 Å². The van der Waals surface area contributed by atoms with E-state index in [1.54, 1.807) is 12.1 Å². The van der Waals surface area contributed by atoms with E-state index in [1.807, 2.05) is 11.0 Å². The molecule has 1 aromatic rings. The van der Waals surface area contributed by atoms with Gasteiger partial charge in [0.05, 0.1) is 21.8 Å². The van der Waals surface area contributed by atoms with E-state index in [9.17, 15) is 9.18 Å². The molecule has 1 amide bonds. The predicted octanol–water partition coefficient (Wildman–Crippen LogP) is 4.62. The van der Waals surface area contributed by atoms with Gasteiger partial charge >= 0.3 is 0 Å². The number of nitrogens with one attached hydrogen (secondary N) is 1. The minimum absolute atomic E-state index is 0.00344. The molecule has 164 valence electrons. The van der Waals surface area contributed by atoms with Crippen LogP contribution in [0.2, 0.25) is 10.0 Å². The molecule has 1 heterocycles. The summed E-state index contributed by atoms with van der Waals surface area (Å²) in [7, 11) is 0. The van der Waals surface area contributed by atoms with Crippen LogP contribution in [0, 0.1) is 23.1 Å². The maximum Gasteiger partial charge on any atom is 0.221 e. The van der Waals surface area contributed by atoms with Crippen molar-refractivity contribution in [3.8, 4) is 6.07 Å². The van der Waals surface area contributed by atoms with E-state index in [0.717, 1.165) is 64.8 Å². The number of nitrogens with zero attached hydrogens (tertiary/aromatic N) is 3. The van der Waals surface area contributed by atoms with Crippen LogP contribution in [-0.2, 0) is 4.79 Å². The number of amides is 1. The summed E-state index contributed by atoms with van der Waals surface area (Å²) in [5.74, 6) is 0.258. The molecule has 1 aliphatic heterocycles. The molecule has 0 atom stereocenters. The summed E-state index contributed by atoms with van der Waals surface area (Å²) in [6.45, 7) is 4.42. The summed E-state index contributed by atoms with van der Waals surface area (Å²) in [5.41, 5.74) is 0.527. The standard InChI is InChI=1S/C22H29Cl2FN4O/c23-18-7-8-19(22(25)21(18)24)29-14-12-28(13-15-29)11-9-16-3-5-17(6-4-16)27-20(30)2-1-10-26/h7-8,16-17H,1-6,9,11-15H2,(H,27,30). The highest BCUT2D eigenvalue weighted by atomic mass is 35.5. The Balaban J connectivity index is 1.35. The molecule has 2 fully saturated rings. The Labute approximate surface area is 188 Å². The van der Waals surface area contributed by atoms with Crippen LogP contribution in [0.3, 0.4) is 0 Å². The van der Waals surface area contributed by atoms with Crippen molar-refractivity contribution in [3.05, 3.63) is 28.0 Å². The van der Waals surface area contributed by atoms with Gasteiger partial charge < -0.3 is 10.2 Å². The van der Waals surface area contributed by atoms with Gasteiger partial charge in [0.2, 0.25) is 5.91 Å². The fourth-order valence-corrected chi connectivity index (χ4v) is 4.71. The molecule has 1 N–H and O–H groups in total. The van der Waals surface area contributed by atoms with Gasteiger partial charge in [0, 0.05) is 45.1 Å². The van der Waals surface area contributed by atoms with Gasteiger partial charge in [0.1, 0.15) is 0 Å². The Morgan fingerprint density at radius 1 is 1.17 bits per heavy atom. The van der Waals surface area contributed by atoms with Gasteiger partial charge in [-0.1, -0.05) is 23.2 Å². The molecule has 30 heavy (non-hydrogen) atoms. The van der Waals surface area contributed by atoms with E-state index in [4.69, 9.17) is 28.5 Å². The van der Waals surface area contributed by atoms with Gasteiger partial charge in [0.25, 0.3) is 0 Å².